The van der Waals surface area contributed by atoms with E-state index in [4.69, 9.17) is 0 Å². The van der Waals surface area contributed by atoms with Gasteiger partial charge in [-0.2, -0.15) is 11.8 Å². The number of anilines is 1. The van der Waals surface area contributed by atoms with Crippen LogP contribution >= 0.6 is 34.9 Å². The largest absolute Gasteiger partial charge is 0.301 e. The Bertz CT molecular complexity index is 984. The van der Waals surface area contributed by atoms with Crippen LogP contribution in [0.3, 0.4) is 0 Å². The number of thiazole rings is 1. The predicted octanol–water partition coefficient (Wildman–Crippen LogP) is 3.67. The summed E-state index contributed by atoms with van der Waals surface area (Å²) in [6.07, 6.45) is 0. The van der Waals surface area contributed by atoms with Gasteiger partial charge in [-0.3, -0.25) is 9.59 Å². The molecule has 3 aromatic rings. The average Bonchev–Trinajstić information content (AvgIpc) is 2.99. The molecule has 0 unspecified atom stereocenters. The van der Waals surface area contributed by atoms with E-state index in [-0.39, 0.29) is 17.2 Å². The van der Waals surface area contributed by atoms with Crippen LogP contribution in [0.2, 0.25) is 0 Å². The summed E-state index contributed by atoms with van der Waals surface area (Å²) in [6, 6.07) is 7.48. The number of aryl methyl sites for hydroxylation is 1. The highest BCUT2D eigenvalue weighted by Crippen LogP contribution is 2.27. The third-order valence-electron chi connectivity index (χ3n) is 3.36. The number of hydrogen-bond donors (Lipinski definition) is 2. The van der Waals surface area contributed by atoms with Crippen LogP contribution in [0.4, 0.5) is 5.13 Å². The fourth-order valence-electron chi connectivity index (χ4n) is 2.21. The van der Waals surface area contributed by atoms with Crippen LogP contribution in [0.5, 0.6) is 0 Å². The van der Waals surface area contributed by atoms with Crippen LogP contribution in [-0.4, -0.2) is 32.4 Å². The second-order valence-electron chi connectivity index (χ2n) is 5.51. The van der Waals surface area contributed by atoms with E-state index in [1.165, 1.54) is 29.2 Å². The molecule has 136 valence electrons. The zero-order valence-corrected chi connectivity index (χ0v) is 16.8. The van der Waals surface area contributed by atoms with Gasteiger partial charge >= 0.3 is 0 Å². The van der Waals surface area contributed by atoms with E-state index >= 15 is 0 Å². The highest BCUT2D eigenvalue weighted by atomic mass is 32.2. The maximum absolute atomic E-state index is 12.2. The number of carbonyl (C=O) groups excluding carboxylic acids is 1. The third kappa shape index (κ3) is 5.09. The van der Waals surface area contributed by atoms with E-state index in [9.17, 15) is 9.59 Å². The Hall–Kier alpha value is -1.84. The Labute approximate surface area is 163 Å². The second-order valence-corrected chi connectivity index (χ2v) is 8.78. The summed E-state index contributed by atoms with van der Waals surface area (Å²) in [5.41, 5.74) is 2.56. The molecule has 0 spiro atoms. The zero-order valence-electron chi connectivity index (χ0n) is 14.4. The Morgan fingerprint density at radius 1 is 1.31 bits per heavy atom. The minimum absolute atomic E-state index is 0.155. The molecule has 1 amide bonds. The van der Waals surface area contributed by atoms with Crippen molar-refractivity contribution in [2.24, 2.45) is 0 Å². The van der Waals surface area contributed by atoms with Crippen LogP contribution in [0.1, 0.15) is 18.2 Å². The molecule has 0 aliphatic rings. The molecule has 26 heavy (non-hydrogen) atoms. The van der Waals surface area contributed by atoms with Crippen molar-refractivity contribution in [3.05, 3.63) is 45.9 Å². The van der Waals surface area contributed by atoms with Crippen molar-refractivity contribution in [3.63, 3.8) is 0 Å². The van der Waals surface area contributed by atoms with Crippen molar-refractivity contribution in [2.75, 3.05) is 16.8 Å². The van der Waals surface area contributed by atoms with Crippen LogP contribution in [0, 0.1) is 6.92 Å². The molecule has 6 nitrogen and oxygen atoms in total. The fourth-order valence-corrected chi connectivity index (χ4v) is 4.44. The monoisotopic (exact) mass is 406 g/mol. The molecule has 0 bridgehead atoms. The van der Waals surface area contributed by atoms with Gasteiger partial charge in [-0.25, -0.2) is 9.97 Å². The van der Waals surface area contributed by atoms with Crippen LogP contribution in [-0.2, 0) is 10.5 Å². The number of rotatable bonds is 7. The first-order chi connectivity index (χ1) is 12.5. The fraction of sp³-hybridized carbons (Fsp3) is 0.294. The second kappa shape index (κ2) is 8.70. The lowest BCUT2D eigenvalue weighted by molar-refractivity contribution is -0.113. The third-order valence-corrected chi connectivity index (χ3v) is 6.07. The first-order valence-electron chi connectivity index (χ1n) is 8.01. The Morgan fingerprint density at radius 2 is 2.15 bits per heavy atom. The molecule has 0 saturated carbocycles. The number of amides is 1. The molecule has 2 aromatic heterocycles. The smallest absolute Gasteiger partial charge is 0.251 e. The van der Waals surface area contributed by atoms with Crippen LogP contribution in [0.15, 0.2) is 34.2 Å². The van der Waals surface area contributed by atoms with E-state index in [1.807, 2.05) is 25.1 Å². The normalized spacial score (nSPS) is 11.0. The molecule has 9 heteroatoms. The van der Waals surface area contributed by atoms with Gasteiger partial charge in [0, 0.05) is 11.8 Å². The summed E-state index contributed by atoms with van der Waals surface area (Å²) in [7, 11) is 0. The first kappa shape index (κ1) is 18.9. The Kier molecular flexibility index (Phi) is 6.33. The van der Waals surface area contributed by atoms with Gasteiger partial charge in [0.05, 0.1) is 21.7 Å². The lowest BCUT2D eigenvalue weighted by Gasteiger charge is -2.04. The number of hydrogen-bond acceptors (Lipinski definition) is 7. The summed E-state index contributed by atoms with van der Waals surface area (Å²) in [6.45, 7) is 4.08. The molecule has 1 aromatic carbocycles. The highest BCUT2D eigenvalue weighted by Gasteiger charge is 2.10. The minimum Gasteiger partial charge on any atom is -0.301 e. The van der Waals surface area contributed by atoms with E-state index in [1.54, 1.807) is 11.8 Å². The summed E-state index contributed by atoms with van der Waals surface area (Å²) >= 11 is 4.35. The van der Waals surface area contributed by atoms with Crippen molar-refractivity contribution in [1.82, 2.24) is 15.0 Å². The van der Waals surface area contributed by atoms with Gasteiger partial charge in [0.15, 0.2) is 10.3 Å². The van der Waals surface area contributed by atoms with E-state index in [2.05, 4.69) is 27.2 Å². The molecule has 3 rings (SSSR count). The van der Waals surface area contributed by atoms with Crippen molar-refractivity contribution < 1.29 is 4.79 Å². The lowest BCUT2D eigenvalue weighted by Crippen LogP contribution is -2.15. The number of carbonyl (C=O) groups is 1. The molecule has 2 heterocycles. The van der Waals surface area contributed by atoms with Crippen LogP contribution < -0.4 is 10.9 Å². The number of H-pyrrole nitrogens is 1. The van der Waals surface area contributed by atoms with Crippen LogP contribution in [0.25, 0.3) is 10.2 Å². The maximum Gasteiger partial charge on any atom is 0.251 e. The maximum atomic E-state index is 12.2. The topological polar surface area (TPSA) is 87.7 Å². The number of aromatic nitrogens is 3. The summed E-state index contributed by atoms with van der Waals surface area (Å²) in [5.74, 6) is 1.62. The lowest BCUT2D eigenvalue weighted by atomic mass is 10.2. The quantitative estimate of drug-likeness (QED) is 0.460. The molecular formula is C17H18N4O2S3. The van der Waals surface area contributed by atoms with E-state index < -0.39 is 0 Å². The molecule has 0 atom stereocenters. The van der Waals surface area contributed by atoms with Gasteiger partial charge in [0.1, 0.15) is 0 Å². The van der Waals surface area contributed by atoms with Gasteiger partial charge in [-0.05, 0) is 30.4 Å². The zero-order chi connectivity index (χ0) is 18.5. The SMILES string of the molecule is CCSCc1cc(=O)[nH]c(SCC(=O)Nc2nc3ccc(C)cc3s2)n1. The van der Waals surface area contributed by atoms with Crippen molar-refractivity contribution in [2.45, 2.75) is 24.8 Å². The van der Waals surface area contributed by atoms with Crippen molar-refractivity contribution in [1.29, 1.82) is 0 Å². The summed E-state index contributed by atoms with van der Waals surface area (Å²) in [5, 5.41) is 3.84. The molecule has 0 radical (unpaired) electrons. The predicted molar refractivity (Wildman–Crippen MR) is 110 cm³/mol. The molecule has 0 aliphatic carbocycles. The van der Waals surface area contributed by atoms with Gasteiger partial charge in [0.2, 0.25) is 5.91 Å². The first-order valence-corrected chi connectivity index (χ1v) is 11.0. The van der Waals surface area contributed by atoms with E-state index in [0.717, 1.165) is 27.2 Å². The number of thioether (sulfide) groups is 2. The summed E-state index contributed by atoms with van der Waals surface area (Å²) < 4.78 is 1.04. The van der Waals surface area contributed by atoms with Gasteiger partial charge < -0.3 is 10.3 Å². The van der Waals surface area contributed by atoms with Crippen molar-refractivity contribution >= 4 is 56.1 Å². The molecule has 2 N–H and O–H groups in total. The molecule has 0 fully saturated rings. The number of fused-ring (bicyclic) bond motifs is 1. The standard InChI is InChI=1S/C17H18N4O2S3/c1-3-24-8-11-7-14(22)20-16(18-11)25-9-15(23)21-17-19-12-5-4-10(2)6-13(12)26-17/h4-7H,3,8-9H2,1-2H3,(H,18,20,22)(H,19,21,23). The van der Waals surface area contributed by atoms with Crippen molar-refractivity contribution in [3.8, 4) is 0 Å². The average molecular weight is 407 g/mol. The molecular weight excluding hydrogens is 388 g/mol. The Balaban J connectivity index is 1.61. The number of aromatic amines is 1. The molecule has 0 aliphatic heterocycles. The van der Waals surface area contributed by atoms with Gasteiger partial charge in [-0.15, -0.1) is 0 Å². The van der Waals surface area contributed by atoms with E-state index in [0.29, 0.717) is 16.0 Å². The molecule has 0 saturated heterocycles. The number of nitrogens with zero attached hydrogens (tertiary/aromatic N) is 2. The van der Waals surface area contributed by atoms with Gasteiger partial charge in [0.25, 0.3) is 5.56 Å². The highest BCUT2D eigenvalue weighted by molar-refractivity contribution is 7.99. The number of benzene rings is 1. The number of nitrogens with one attached hydrogen (secondary N) is 2. The minimum atomic E-state index is -0.198. The van der Waals surface area contributed by atoms with Gasteiger partial charge in [-0.1, -0.05) is 36.1 Å². The Morgan fingerprint density at radius 3 is 2.96 bits per heavy atom. The summed E-state index contributed by atoms with van der Waals surface area (Å²) in [4.78, 5) is 35.4.